The molecule has 0 unspecified atom stereocenters. The molecular weight excluding hydrogens is 402 g/mol. The Hall–Kier alpha value is -4.42. The number of aromatic nitrogens is 2. The predicted octanol–water partition coefficient (Wildman–Crippen LogP) is 7.34. The van der Waals surface area contributed by atoms with Crippen LogP contribution in [0.3, 0.4) is 0 Å². The molecule has 3 aromatic heterocycles. The van der Waals surface area contributed by atoms with Gasteiger partial charge in [-0.2, -0.15) is 0 Å². The zero-order valence-corrected chi connectivity index (χ0v) is 18.4. The summed E-state index contributed by atoms with van der Waals surface area (Å²) in [5, 5.41) is 6.08. The summed E-state index contributed by atoms with van der Waals surface area (Å²) in [5.41, 5.74) is 9.07. The Kier molecular flexibility index (Phi) is 3.47. The standard InChI is InChI=1S/C30H20N3/c1-18-12-13-24-23-11-7-10-22(19-8-5-4-6-9-19)28(23)33-25-17-21(31-2)16-20-14-15-32(3)30(27(20)25)26(18)29(24)33/h4-17H,1,3H3/q+1. The van der Waals surface area contributed by atoms with Crippen molar-refractivity contribution in [2.24, 2.45) is 7.05 Å². The zero-order chi connectivity index (χ0) is 22.3. The van der Waals surface area contributed by atoms with Crippen molar-refractivity contribution in [3.63, 3.8) is 0 Å². The van der Waals surface area contributed by atoms with E-state index in [1.165, 1.54) is 54.8 Å². The molecule has 3 heterocycles. The van der Waals surface area contributed by atoms with E-state index in [0.29, 0.717) is 5.69 Å². The molecule has 0 amide bonds. The first-order chi connectivity index (χ1) is 16.2. The van der Waals surface area contributed by atoms with Crippen LogP contribution in [0.5, 0.6) is 0 Å². The van der Waals surface area contributed by atoms with Gasteiger partial charge in [0.1, 0.15) is 7.05 Å². The maximum absolute atomic E-state index is 7.74. The van der Waals surface area contributed by atoms with E-state index in [9.17, 15) is 0 Å². The Morgan fingerprint density at radius 2 is 1.64 bits per heavy atom. The molecule has 0 aliphatic carbocycles. The quantitative estimate of drug-likeness (QED) is 0.114. The van der Waals surface area contributed by atoms with Crippen LogP contribution in [0, 0.1) is 13.5 Å². The van der Waals surface area contributed by atoms with Crippen molar-refractivity contribution in [1.29, 1.82) is 0 Å². The van der Waals surface area contributed by atoms with Crippen molar-refractivity contribution in [3.8, 4) is 11.1 Å². The van der Waals surface area contributed by atoms with Crippen LogP contribution < -0.4 is 4.57 Å². The monoisotopic (exact) mass is 422 g/mol. The van der Waals surface area contributed by atoms with Gasteiger partial charge in [-0.1, -0.05) is 60.7 Å². The lowest BCUT2D eigenvalue weighted by Gasteiger charge is -2.14. The average Bonchev–Trinajstić information content (AvgIpc) is 3.19. The van der Waals surface area contributed by atoms with Gasteiger partial charge < -0.3 is 4.40 Å². The molecule has 7 rings (SSSR count). The maximum Gasteiger partial charge on any atom is 0.224 e. The molecule has 154 valence electrons. The lowest BCUT2D eigenvalue weighted by Crippen LogP contribution is -2.28. The first kappa shape index (κ1) is 18.2. The number of nitrogens with zero attached hydrogens (tertiary/aromatic N) is 3. The second-order valence-electron chi connectivity index (χ2n) is 8.87. The fourth-order valence-electron chi connectivity index (χ4n) is 5.65. The minimum absolute atomic E-state index is 0.667. The Bertz CT molecular complexity index is 1940. The van der Waals surface area contributed by atoms with Crippen LogP contribution in [0.2, 0.25) is 0 Å². The molecule has 0 aliphatic heterocycles. The highest BCUT2D eigenvalue weighted by Gasteiger charge is 2.25. The zero-order valence-electron chi connectivity index (χ0n) is 18.4. The van der Waals surface area contributed by atoms with Crippen LogP contribution in [-0.2, 0) is 7.05 Å². The highest BCUT2D eigenvalue weighted by molar-refractivity contribution is 6.27. The van der Waals surface area contributed by atoms with Crippen molar-refractivity contribution in [1.82, 2.24) is 4.40 Å². The molecule has 0 saturated carbocycles. The number of aryl methyl sites for hydroxylation is 2. The largest absolute Gasteiger partial charge is 0.308 e. The van der Waals surface area contributed by atoms with Gasteiger partial charge in [0.25, 0.3) is 0 Å². The molecule has 3 heteroatoms. The van der Waals surface area contributed by atoms with Crippen LogP contribution >= 0.6 is 0 Å². The first-order valence-electron chi connectivity index (χ1n) is 11.1. The number of benzene rings is 4. The van der Waals surface area contributed by atoms with E-state index in [-0.39, 0.29) is 0 Å². The van der Waals surface area contributed by atoms with Gasteiger partial charge in [-0.05, 0) is 35.6 Å². The lowest BCUT2D eigenvalue weighted by molar-refractivity contribution is -0.643. The van der Waals surface area contributed by atoms with Crippen LogP contribution in [0.4, 0.5) is 5.69 Å². The minimum atomic E-state index is 0.667. The van der Waals surface area contributed by atoms with Gasteiger partial charge in [-0.15, -0.1) is 0 Å². The van der Waals surface area contributed by atoms with Crippen LogP contribution in [-0.4, -0.2) is 4.40 Å². The van der Waals surface area contributed by atoms with Gasteiger partial charge in [0.05, 0.1) is 33.9 Å². The molecule has 0 fully saturated rings. The summed E-state index contributed by atoms with van der Waals surface area (Å²) in [4.78, 5) is 3.82. The molecule has 0 spiro atoms. The summed E-state index contributed by atoms with van der Waals surface area (Å²) in [6.07, 6.45) is 2.11. The predicted molar refractivity (Wildman–Crippen MR) is 136 cm³/mol. The minimum Gasteiger partial charge on any atom is -0.308 e. The Balaban J connectivity index is 1.90. The highest BCUT2D eigenvalue weighted by atomic mass is 15.0. The molecule has 3 nitrogen and oxygen atoms in total. The third-order valence-corrected chi connectivity index (χ3v) is 7.05. The van der Waals surface area contributed by atoms with Gasteiger partial charge in [0.15, 0.2) is 11.9 Å². The second-order valence-corrected chi connectivity index (χ2v) is 8.87. The fourth-order valence-corrected chi connectivity index (χ4v) is 5.65. The van der Waals surface area contributed by atoms with Crippen molar-refractivity contribution >= 4 is 54.7 Å². The van der Waals surface area contributed by atoms with Crippen LogP contribution in [0.15, 0.2) is 85.1 Å². The summed E-state index contributed by atoms with van der Waals surface area (Å²) in [5.74, 6) is 0. The Morgan fingerprint density at radius 1 is 0.818 bits per heavy atom. The number of rotatable bonds is 1. The Morgan fingerprint density at radius 3 is 2.45 bits per heavy atom. The van der Waals surface area contributed by atoms with Crippen molar-refractivity contribution in [3.05, 3.63) is 102 Å². The Labute approximate surface area is 190 Å². The summed E-state index contributed by atoms with van der Waals surface area (Å²) in [6.45, 7) is 9.94. The first-order valence-corrected chi connectivity index (χ1v) is 11.1. The van der Waals surface area contributed by atoms with E-state index < -0.39 is 0 Å². The van der Waals surface area contributed by atoms with E-state index in [0.717, 1.165) is 10.9 Å². The third-order valence-electron chi connectivity index (χ3n) is 7.05. The fraction of sp³-hybridized carbons (Fsp3) is 0.0667. The second kappa shape index (κ2) is 6.31. The van der Waals surface area contributed by atoms with Gasteiger partial charge in [0, 0.05) is 22.4 Å². The van der Waals surface area contributed by atoms with Gasteiger partial charge in [-0.3, -0.25) is 0 Å². The van der Waals surface area contributed by atoms with Gasteiger partial charge in [0.2, 0.25) is 5.52 Å². The molecular formula is C30H20N3+. The van der Waals surface area contributed by atoms with Crippen LogP contribution in [0.25, 0.3) is 65.0 Å². The van der Waals surface area contributed by atoms with Gasteiger partial charge >= 0.3 is 0 Å². The molecule has 0 aliphatic rings. The van der Waals surface area contributed by atoms with Crippen molar-refractivity contribution in [2.75, 3.05) is 0 Å². The molecule has 0 radical (unpaired) electrons. The molecule has 4 aromatic carbocycles. The third kappa shape index (κ3) is 2.25. The number of hydrogen-bond acceptors (Lipinski definition) is 0. The summed E-state index contributed by atoms with van der Waals surface area (Å²) in [6, 6.07) is 27.9. The summed E-state index contributed by atoms with van der Waals surface area (Å²) >= 11 is 0. The number of para-hydroxylation sites is 1. The molecule has 0 saturated heterocycles. The molecule has 0 bridgehead atoms. The van der Waals surface area contributed by atoms with Crippen molar-refractivity contribution < 1.29 is 4.57 Å². The van der Waals surface area contributed by atoms with E-state index in [4.69, 9.17) is 6.57 Å². The topological polar surface area (TPSA) is 12.7 Å². The van der Waals surface area contributed by atoms with Crippen LogP contribution in [0.1, 0.15) is 5.56 Å². The maximum atomic E-state index is 7.74. The lowest BCUT2D eigenvalue weighted by atomic mass is 9.99. The molecule has 0 atom stereocenters. The van der Waals surface area contributed by atoms with E-state index in [1.54, 1.807) is 0 Å². The highest BCUT2D eigenvalue weighted by Crippen LogP contribution is 2.44. The SMILES string of the molecule is [C-]#[N+]c1cc2cc[n+](C)c3c4c(C)ccc5c6cccc(-c7ccccc7)c6n(c(c1)c23)c54. The summed E-state index contributed by atoms with van der Waals surface area (Å²) < 4.78 is 4.64. The van der Waals surface area contributed by atoms with Gasteiger partial charge in [-0.25, -0.2) is 9.41 Å². The number of pyridine rings is 2. The van der Waals surface area contributed by atoms with Crippen molar-refractivity contribution in [2.45, 2.75) is 6.92 Å². The average molecular weight is 423 g/mol. The smallest absolute Gasteiger partial charge is 0.224 e. The number of hydrogen-bond donors (Lipinski definition) is 0. The van der Waals surface area contributed by atoms with E-state index in [1.807, 2.05) is 6.07 Å². The van der Waals surface area contributed by atoms with E-state index in [2.05, 4.69) is 107 Å². The normalized spacial score (nSPS) is 11.9. The summed E-state index contributed by atoms with van der Waals surface area (Å²) in [7, 11) is 2.12. The van der Waals surface area contributed by atoms with E-state index >= 15 is 0 Å². The molecule has 7 aromatic rings. The molecule has 33 heavy (non-hydrogen) atoms. The molecule has 0 N–H and O–H groups in total. The number of fused-ring (bicyclic) bond motifs is 5.